The van der Waals surface area contributed by atoms with Gasteiger partial charge in [-0.05, 0) is 30.2 Å². The number of carbonyl (C=O) groups is 1. The average Bonchev–Trinajstić information content (AvgIpc) is 2.66. The van der Waals surface area contributed by atoms with Crippen LogP contribution in [0.2, 0.25) is 0 Å². The molecule has 0 aromatic heterocycles. The molecular formula is C20H21F3N2O2. The normalized spacial score (nSPS) is 20.2. The average molecular weight is 378 g/mol. The largest absolute Gasteiger partial charge is 0.496 e. The molecule has 2 atom stereocenters. The van der Waals surface area contributed by atoms with E-state index in [9.17, 15) is 18.0 Å². The lowest BCUT2D eigenvalue weighted by atomic mass is 9.91. The van der Waals surface area contributed by atoms with Gasteiger partial charge in [0.05, 0.1) is 18.7 Å². The number of alkyl halides is 3. The van der Waals surface area contributed by atoms with Gasteiger partial charge in [0.1, 0.15) is 5.75 Å². The fourth-order valence-corrected chi connectivity index (χ4v) is 3.33. The topological polar surface area (TPSA) is 50.4 Å². The third kappa shape index (κ3) is 4.60. The summed E-state index contributed by atoms with van der Waals surface area (Å²) in [4.78, 5) is 11.8. The zero-order valence-electron chi connectivity index (χ0n) is 14.8. The number of ether oxygens (including phenoxy) is 1. The smallest absolute Gasteiger partial charge is 0.416 e. The van der Waals surface area contributed by atoms with Gasteiger partial charge in [0.2, 0.25) is 5.91 Å². The summed E-state index contributed by atoms with van der Waals surface area (Å²) in [6.45, 7) is 0.205. The number of benzene rings is 2. The Morgan fingerprint density at radius 2 is 1.93 bits per heavy atom. The molecular weight excluding hydrogens is 357 g/mol. The molecule has 0 bridgehead atoms. The first-order chi connectivity index (χ1) is 12.9. The zero-order chi connectivity index (χ0) is 19.4. The lowest BCUT2D eigenvalue weighted by Gasteiger charge is -2.33. The number of amides is 1. The van der Waals surface area contributed by atoms with Crippen molar-refractivity contribution in [2.45, 2.75) is 37.6 Å². The van der Waals surface area contributed by atoms with Gasteiger partial charge in [0.25, 0.3) is 0 Å². The number of carbonyl (C=O) groups excluding carboxylic acids is 1. The van der Waals surface area contributed by atoms with Crippen molar-refractivity contribution in [2.75, 3.05) is 7.11 Å². The summed E-state index contributed by atoms with van der Waals surface area (Å²) in [5.74, 6) is 0.366. The predicted octanol–water partition coefficient (Wildman–Crippen LogP) is 3.82. The summed E-state index contributed by atoms with van der Waals surface area (Å²) in [6.07, 6.45) is -3.43. The van der Waals surface area contributed by atoms with Gasteiger partial charge in [-0.15, -0.1) is 0 Å². The molecule has 1 saturated heterocycles. The fourth-order valence-electron chi connectivity index (χ4n) is 3.33. The number of piperidine rings is 1. The van der Waals surface area contributed by atoms with Crippen molar-refractivity contribution in [3.63, 3.8) is 0 Å². The van der Waals surface area contributed by atoms with E-state index in [2.05, 4.69) is 10.6 Å². The number of hydrogen-bond acceptors (Lipinski definition) is 3. The molecule has 1 heterocycles. The molecule has 27 heavy (non-hydrogen) atoms. The van der Waals surface area contributed by atoms with Crippen molar-refractivity contribution in [3.05, 3.63) is 65.2 Å². The van der Waals surface area contributed by atoms with Gasteiger partial charge in [0, 0.05) is 24.6 Å². The van der Waals surface area contributed by atoms with Crippen LogP contribution < -0.4 is 15.4 Å². The zero-order valence-corrected chi connectivity index (χ0v) is 14.8. The molecule has 2 aromatic carbocycles. The summed E-state index contributed by atoms with van der Waals surface area (Å²) >= 11 is 0. The predicted molar refractivity (Wildman–Crippen MR) is 95.2 cm³/mol. The summed E-state index contributed by atoms with van der Waals surface area (Å²) in [7, 11) is 1.43. The maximum Gasteiger partial charge on any atom is 0.416 e. The van der Waals surface area contributed by atoms with Crippen LogP contribution in [-0.4, -0.2) is 19.1 Å². The van der Waals surface area contributed by atoms with Crippen molar-refractivity contribution >= 4 is 5.91 Å². The second kappa shape index (κ2) is 8.00. The molecule has 0 radical (unpaired) electrons. The molecule has 4 nitrogen and oxygen atoms in total. The van der Waals surface area contributed by atoms with Crippen molar-refractivity contribution in [1.82, 2.24) is 10.6 Å². The second-order valence-corrected chi connectivity index (χ2v) is 6.51. The number of rotatable bonds is 5. The minimum atomic E-state index is -4.41. The van der Waals surface area contributed by atoms with Crippen LogP contribution in [0.15, 0.2) is 48.5 Å². The number of methoxy groups -OCH3 is 1. The van der Waals surface area contributed by atoms with Crippen molar-refractivity contribution in [3.8, 4) is 5.75 Å². The number of hydrogen-bond donors (Lipinski definition) is 2. The highest BCUT2D eigenvalue weighted by atomic mass is 19.4. The highest BCUT2D eigenvalue weighted by Crippen LogP contribution is 2.33. The van der Waals surface area contributed by atoms with Gasteiger partial charge in [-0.25, -0.2) is 0 Å². The Bertz CT molecular complexity index is 794. The van der Waals surface area contributed by atoms with Gasteiger partial charge >= 0.3 is 6.18 Å². The van der Waals surface area contributed by atoms with Crippen LogP contribution in [0.1, 0.15) is 35.6 Å². The maximum atomic E-state index is 13.0. The van der Waals surface area contributed by atoms with Gasteiger partial charge in [-0.2, -0.15) is 13.2 Å². The third-order valence-electron chi connectivity index (χ3n) is 4.72. The quantitative estimate of drug-likeness (QED) is 0.832. The Morgan fingerprint density at radius 1 is 1.19 bits per heavy atom. The van der Waals surface area contributed by atoms with E-state index in [1.54, 1.807) is 0 Å². The van der Waals surface area contributed by atoms with Crippen molar-refractivity contribution in [2.24, 2.45) is 0 Å². The van der Waals surface area contributed by atoms with Crippen LogP contribution in [0.25, 0.3) is 0 Å². The van der Waals surface area contributed by atoms with Gasteiger partial charge in [-0.1, -0.05) is 30.3 Å². The fraction of sp³-hybridized carbons (Fsp3) is 0.350. The van der Waals surface area contributed by atoms with Crippen LogP contribution in [0.4, 0.5) is 13.2 Å². The first-order valence-electron chi connectivity index (χ1n) is 8.70. The SMILES string of the molecule is COc1ccc(C(F)(F)F)cc1CNC1CCC(=O)NC1c1ccccc1. The van der Waals surface area contributed by atoms with E-state index >= 15 is 0 Å². The summed E-state index contributed by atoms with van der Waals surface area (Å²) in [5.41, 5.74) is 0.673. The lowest BCUT2D eigenvalue weighted by molar-refractivity contribution is -0.137. The van der Waals surface area contributed by atoms with Crippen molar-refractivity contribution in [1.29, 1.82) is 0 Å². The van der Waals surface area contributed by atoms with E-state index in [1.807, 2.05) is 30.3 Å². The molecule has 0 aliphatic carbocycles. The van der Waals surface area contributed by atoms with E-state index in [-0.39, 0.29) is 24.5 Å². The van der Waals surface area contributed by atoms with E-state index in [0.29, 0.717) is 24.2 Å². The van der Waals surface area contributed by atoms with E-state index in [4.69, 9.17) is 4.74 Å². The number of nitrogens with one attached hydrogen (secondary N) is 2. The van der Waals surface area contributed by atoms with Crippen LogP contribution in [0.3, 0.4) is 0 Å². The van der Waals surface area contributed by atoms with Crippen LogP contribution in [0, 0.1) is 0 Å². The molecule has 3 rings (SSSR count). The Balaban J connectivity index is 1.79. The van der Waals surface area contributed by atoms with Crippen molar-refractivity contribution < 1.29 is 22.7 Å². The molecule has 144 valence electrons. The molecule has 1 aliphatic heterocycles. The summed E-state index contributed by atoms with van der Waals surface area (Å²) < 4.78 is 44.3. The molecule has 1 aliphatic rings. The van der Waals surface area contributed by atoms with Gasteiger partial charge in [-0.3, -0.25) is 4.79 Å². The van der Waals surface area contributed by atoms with Gasteiger partial charge < -0.3 is 15.4 Å². The minimum Gasteiger partial charge on any atom is -0.496 e. The monoisotopic (exact) mass is 378 g/mol. The first-order valence-corrected chi connectivity index (χ1v) is 8.70. The Labute approximate surface area is 155 Å². The third-order valence-corrected chi connectivity index (χ3v) is 4.72. The molecule has 2 aromatic rings. The Kier molecular flexibility index (Phi) is 5.70. The molecule has 2 N–H and O–H groups in total. The second-order valence-electron chi connectivity index (χ2n) is 6.51. The Hall–Kier alpha value is -2.54. The molecule has 1 fully saturated rings. The summed E-state index contributed by atoms with van der Waals surface area (Å²) in [5, 5.41) is 6.27. The summed E-state index contributed by atoms with van der Waals surface area (Å²) in [6, 6.07) is 12.6. The van der Waals surface area contributed by atoms with Crippen LogP contribution in [0.5, 0.6) is 5.75 Å². The van der Waals surface area contributed by atoms with Crippen LogP contribution >= 0.6 is 0 Å². The minimum absolute atomic E-state index is 0.0291. The molecule has 0 saturated carbocycles. The van der Waals surface area contributed by atoms with Crippen LogP contribution in [-0.2, 0) is 17.5 Å². The van der Waals surface area contributed by atoms with E-state index in [1.165, 1.54) is 13.2 Å². The molecule has 2 unspecified atom stereocenters. The molecule has 1 amide bonds. The number of halogens is 3. The highest BCUT2D eigenvalue weighted by molar-refractivity contribution is 5.77. The van der Waals surface area contributed by atoms with E-state index in [0.717, 1.165) is 17.7 Å². The lowest BCUT2D eigenvalue weighted by Crippen LogP contribution is -2.48. The van der Waals surface area contributed by atoms with Gasteiger partial charge in [0.15, 0.2) is 0 Å². The maximum absolute atomic E-state index is 13.0. The van der Waals surface area contributed by atoms with E-state index < -0.39 is 11.7 Å². The Morgan fingerprint density at radius 3 is 2.59 bits per heavy atom. The standard InChI is InChI=1S/C20H21F3N2O2/c1-27-17-9-7-15(20(21,22)23)11-14(17)12-24-16-8-10-18(26)25-19(16)13-5-3-2-4-6-13/h2-7,9,11,16,19,24H,8,10,12H2,1H3,(H,25,26). The highest BCUT2D eigenvalue weighted by Gasteiger charge is 2.32. The first kappa shape index (κ1) is 19.2. The molecule has 7 heteroatoms. The molecule has 0 spiro atoms.